The van der Waals surface area contributed by atoms with Crippen LogP contribution in [0.5, 0.6) is 11.5 Å². The molecule has 0 unspecified atom stereocenters. The first-order valence-electron chi connectivity index (χ1n) is 11.2. The second-order valence-electron chi connectivity index (χ2n) is 7.98. The number of carbonyl (C=O) groups is 1. The maximum atomic E-state index is 14.4. The van der Waals surface area contributed by atoms with Gasteiger partial charge < -0.3 is 14.4 Å². The third-order valence-corrected chi connectivity index (χ3v) is 7.01. The van der Waals surface area contributed by atoms with Crippen molar-refractivity contribution in [2.24, 2.45) is 0 Å². The van der Waals surface area contributed by atoms with E-state index in [2.05, 4.69) is 4.98 Å². The lowest BCUT2D eigenvalue weighted by atomic mass is 10.2. The summed E-state index contributed by atoms with van der Waals surface area (Å²) in [5.41, 5.74) is 2.27. The van der Waals surface area contributed by atoms with Gasteiger partial charge in [-0.1, -0.05) is 29.4 Å². The summed E-state index contributed by atoms with van der Waals surface area (Å²) in [7, 11) is 3.06. The summed E-state index contributed by atoms with van der Waals surface area (Å²) in [6.45, 7) is 1.63. The summed E-state index contributed by atoms with van der Waals surface area (Å²) in [6.07, 6.45) is 1.64. The molecule has 0 aliphatic rings. The number of imidazole rings is 1. The van der Waals surface area contributed by atoms with Crippen LogP contribution >= 0.6 is 23.4 Å². The maximum Gasteiger partial charge on any atom is 0.224 e. The first-order valence-corrected chi connectivity index (χ1v) is 12.6. The maximum absolute atomic E-state index is 14.4. The van der Waals surface area contributed by atoms with E-state index in [4.69, 9.17) is 21.1 Å². The zero-order chi connectivity index (χ0) is 26.5. The molecule has 0 bridgehead atoms. The molecule has 0 aliphatic carbocycles. The first kappa shape index (κ1) is 26.5. The molecule has 6 nitrogen and oxygen atoms in total. The van der Waals surface area contributed by atoms with Crippen LogP contribution in [0.1, 0.15) is 18.2 Å². The van der Waals surface area contributed by atoms with E-state index in [1.807, 2.05) is 4.57 Å². The van der Waals surface area contributed by atoms with Crippen LogP contribution in [-0.4, -0.2) is 29.7 Å². The monoisotopic (exact) mass is 543 g/mol. The summed E-state index contributed by atoms with van der Waals surface area (Å²) in [4.78, 5) is 18.8. The number of carbonyl (C=O) groups excluding carboxylic acids is 1. The number of hydrogen-bond donors (Lipinski definition) is 0. The van der Waals surface area contributed by atoms with Gasteiger partial charge in [-0.3, -0.25) is 9.36 Å². The third kappa shape index (κ3) is 5.89. The lowest BCUT2D eigenvalue weighted by Crippen LogP contribution is -2.29. The number of thioether (sulfide) groups is 1. The van der Waals surface area contributed by atoms with Crippen molar-refractivity contribution in [1.29, 1.82) is 0 Å². The Bertz CT molecular complexity index is 1390. The second kappa shape index (κ2) is 11.7. The molecule has 3 aromatic carbocycles. The number of rotatable bonds is 9. The van der Waals surface area contributed by atoms with Crippen molar-refractivity contribution in [3.05, 3.63) is 94.8 Å². The molecule has 0 saturated carbocycles. The van der Waals surface area contributed by atoms with Gasteiger partial charge in [0.15, 0.2) is 16.7 Å². The normalized spacial score (nSPS) is 10.9. The number of ether oxygens (including phenoxy) is 2. The van der Waals surface area contributed by atoms with Gasteiger partial charge in [-0.2, -0.15) is 0 Å². The van der Waals surface area contributed by atoms with Crippen molar-refractivity contribution in [2.45, 2.75) is 24.4 Å². The topological polar surface area (TPSA) is 56.6 Å². The molecule has 0 radical (unpaired) electrons. The minimum absolute atomic E-state index is 0.163. The van der Waals surface area contributed by atoms with Crippen LogP contribution in [0.25, 0.3) is 5.69 Å². The van der Waals surface area contributed by atoms with Gasteiger partial charge in [-0.05, 0) is 48.5 Å². The van der Waals surface area contributed by atoms with Crippen molar-refractivity contribution in [1.82, 2.24) is 9.55 Å². The number of benzene rings is 3. The summed E-state index contributed by atoms with van der Waals surface area (Å²) >= 11 is 7.49. The van der Waals surface area contributed by atoms with E-state index in [9.17, 15) is 13.6 Å². The number of aromatic nitrogens is 2. The molecular weight excluding hydrogens is 520 g/mol. The molecule has 0 saturated heterocycles. The summed E-state index contributed by atoms with van der Waals surface area (Å²) in [5, 5.41) is 0.862. The number of halogens is 3. The van der Waals surface area contributed by atoms with Gasteiger partial charge in [-0.25, -0.2) is 13.8 Å². The molecule has 4 aromatic rings. The van der Waals surface area contributed by atoms with Gasteiger partial charge in [-0.15, -0.1) is 0 Å². The average molecular weight is 544 g/mol. The molecule has 1 amide bonds. The predicted octanol–water partition coefficient (Wildman–Crippen LogP) is 6.67. The van der Waals surface area contributed by atoms with Crippen molar-refractivity contribution in [2.75, 3.05) is 19.1 Å². The second-order valence-corrected chi connectivity index (χ2v) is 9.33. The summed E-state index contributed by atoms with van der Waals surface area (Å²) < 4.78 is 40.6. The Hall–Kier alpha value is -3.56. The van der Waals surface area contributed by atoms with Gasteiger partial charge >= 0.3 is 0 Å². The number of nitrogens with zero attached hydrogens (tertiary/aromatic N) is 3. The fourth-order valence-electron chi connectivity index (χ4n) is 3.79. The van der Waals surface area contributed by atoms with Crippen LogP contribution in [-0.2, 0) is 17.1 Å². The average Bonchev–Trinajstić information content (AvgIpc) is 3.29. The van der Waals surface area contributed by atoms with E-state index < -0.39 is 5.82 Å². The Morgan fingerprint density at radius 1 is 1.05 bits per heavy atom. The number of amides is 1. The molecule has 0 spiro atoms. The molecule has 0 atom stereocenters. The van der Waals surface area contributed by atoms with Crippen LogP contribution in [0.4, 0.5) is 14.5 Å². The van der Waals surface area contributed by atoms with E-state index in [0.717, 1.165) is 0 Å². The highest BCUT2D eigenvalue weighted by Gasteiger charge is 2.21. The van der Waals surface area contributed by atoms with Crippen molar-refractivity contribution < 1.29 is 23.0 Å². The Morgan fingerprint density at radius 3 is 2.43 bits per heavy atom. The molecule has 0 aliphatic heterocycles. The van der Waals surface area contributed by atoms with Gasteiger partial charge in [0.25, 0.3) is 0 Å². The Morgan fingerprint density at radius 2 is 1.78 bits per heavy atom. The summed E-state index contributed by atoms with van der Waals surface area (Å²) in [6, 6.07) is 15.7. The fraction of sp³-hybridized carbons (Fsp3) is 0.185. The highest BCUT2D eigenvalue weighted by molar-refractivity contribution is 7.98. The quantitative estimate of drug-likeness (QED) is 0.221. The molecule has 1 heterocycles. The first-order chi connectivity index (χ1) is 17.8. The smallest absolute Gasteiger partial charge is 0.224 e. The van der Waals surface area contributed by atoms with Crippen molar-refractivity contribution in [3.63, 3.8) is 0 Å². The van der Waals surface area contributed by atoms with Crippen LogP contribution in [0.3, 0.4) is 0 Å². The number of methoxy groups -OCH3 is 2. The lowest BCUT2D eigenvalue weighted by Gasteiger charge is -2.23. The Labute approximate surface area is 222 Å². The molecule has 10 heteroatoms. The van der Waals surface area contributed by atoms with Crippen molar-refractivity contribution >= 4 is 35.0 Å². The van der Waals surface area contributed by atoms with E-state index >= 15 is 0 Å². The zero-order valence-corrected chi connectivity index (χ0v) is 21.9. The zero-order valence-electron chi connectivity index (χ0n) is 20.4. The van der Waals surface area contributed by atoms with E-state index in [1.54, 1.807) is 53.6 Å². The van der Waals surface area contributed by atoms with Crippen LogP contribution in [0.15, 0.2) is 72.0 Å². The Balaban J connectivity index is 1.72. The summed E-state index contributed by atoms with van der Waals surface area (Å²) in [5.74, 6) is 0.263. The lowest BCUT2D eigenvalue weighted by molar-refractivity contribution is -0.116. The fourth-order valence-corrected chi connectivity index (χ4v) is 5.15. The van der Waals surface area contributed by atoms with E-state index in [-0.39, 0.29) is 24.0 Å². The highest BCUT2D eigenvalue weighted by Crippen LogP contribution is 2.34. The standard InChI is InChI=1S/C27H24ClF2N3O3S/c1-17(34)32(20-11-12-25(35-2)26(13-20)36-3)15-21-14-31-27(33(21)19-9-7-18(29)8-10-19)37-16-22-23(28)5-4-6-24(22)30/h4-14H,15-16H2,1-3H3. The predicted molar refractivity (Wildman–Crippen MR) is 141 cm³/mol. The molecule has 1 aromatic heterocycles. The Kier molecular flexibility index (Phi) is 8.35. The molecule has 192 valence electrons. The van der Waals surface area contributed by atoms with Crippen molar-refractivity contribution in [3.8, 4) is 17.2 Å². The molecule has 4 rings (SSSR count). The van der Waals surface area contributed by atoms with E-state index in [1.165, 1.54) is 51.1 Å². The van der Waals surface area contributed by atoms with Gasteiger partial charge in [0, 0.05) is 40.7 Å². The van der Waals surface area contributed by atoms with Gasteiger partial charge in [0.1, 0.15) is 11.6 Å². The molecular formula is C27H24ClF2N3O3S. The number of anilines is 1. The number of hydrogen-bond acceptors (Lipinski definition) is 5. The minimum Gasteiger partial charge on any atom is -0.493 e. The third-order valence-electron chi connectivity index (χ3n) is 5.67. The van der Waals surface area contributed by atoms with Crippen LogP contribution in [0.2, 0.25) is 5.02 Å². The minimum atomic E-state index is -0.406. The largest absolute Gasteiger partial charge is 0.493 e. The van der Waals surface area contributed by atoms with Crippen LogP contribution in [0, 0.1) is 11.6 Å². The molecule has 0 N–H and O–H groups in total. The molecule has 0 fully saturated rings. The van der Waals surface area contributed by atoms with Crippen LogP contribution < -0.4 is 14.4 Å². The molecule has 37 heavy (non-hydrogen) atoms. The van der Waals surface area contributed by atoms with E-state index in [0.29, 0.717) is 44.3 Å². The SMILES string of the molecule is COc1ccc(N(Cc2cnc(SCc3c(F)cccc3Cl)n2-c2ccc(F)cc2)C(C)=O)cc1OC. The highest BCUT2D eigenvalue weighted by atomic mass is 35.5. The van der Waals surface area contributed by atoms with Gasteiger partial charge in [0.2, 0.25) is 5.91 Å². The van der Waals surface area contributed by atoms with Gasteiger partial charge in [0.05, 0.1) is 32.7 Å².